The van der Waals surface area contributed by atoms with Gasteiger partial charge in [-0.15, -0.1) is 0 Å². The molecular formula is C11H10F4O2. The van der Waals surface area contributed by atoms with E-state index in [2.05, 4.69) is 0 Å². The highest BCUT2D eigenvalue weighted by molar-refractivity contribution is 5.80. The van der Waals surface area contributed by atoms with E-state index in [9.17, 15) is 22.4 Å². The third-order valence-corrected chi connectivity index (χ3v) is 2.53. The van der Waals surface area contributed by atoms with Crippen molar-refractivity contribution >= 4 is 5.97 Å². The van der Waals surface area contributed by atoms with Gasteiger partial charge in [-0.1, -0.05) is 6.07 Å². The van der Waals surface area contributed by atoms with Crippen LogP contribution in [0.2, 0.25) is 0 Å². The van der Waals surface area contributed by atoms with Crippen LogP contribution in [0.1, 0.15) is 25.0 Å². The Morgan fingerprint density at radius 3 is 2.12 bits per heavy atom. The van der Waals surface area contributed by atoms with E-state index >= 15 is 0 Å². The Hall–Kier alpha value is -1.59. The first kappa shape index (κ1) is 13.5. The molecule has 0 fully saturated rings. The van der Waals surface area contributed by atoms with Crippen molar-refractivity contribution in [3.8, 4) is 0 Å². The zero-order chi connectivity index (χ0) is 13.4. The smallest absolute Gasteiger partial charge is 0.419 e. The summed E-state index contributed by atoms with van der Waals surface area (Å²) < 4.78 is 50.1. The largest absolute Gasteiger partial charge is 0.481 e. The lowest BCUT2D eigenvalue weighted by atomic mass is 9.84. The third kappa shape index (κ3) is 2.57. The molecular weight excluding hydrogens is 240 g/mol. The summed E-state index contributed by atoms with van der Waals surface area (Å²) >= 11 is 0. The van der Waals surface area contributed by atoms with Crippen LogP contribution in [0.5, 0.6) is 0 Å². The summed E-state index contributed by atoms with van der Waals surface area (Å²) in [7, 11) is 0. The fourth-order valence-corrected chi connectivity index (χ4v) is 1.26. The number of hydrogen-bond donors (Lipinski definition) is 1. The van der Waals surface area contributed by atoms with Crippen LogP contribution < -0.4 is 0 Å². The second-order valence-electron chi connectivity index (χ2n) is 4.12. The minimum atomic E-state index is -4.78. The molecule has 0 saturated heterocycles. The predicted octanol–water partition coefficient (Wildman–Crippen LogP) is 3.21. The highest BCUT2D eigenvalue weighted by Gasteiger charge is 2.36. The minimum Gasteiger partial charge on any atom is -0.481 e. The number of hydrogen-bond acceptors (Lipinski definition) is 1. The lowest BCUT2D eigenvalue weighted by molar-refractivity contribution is -0.142. The quantitative estimate of drug-likeness (QED) is 0.818. The topological polar surface area (TPSA) is 37.3 Å². The summed E-state index contributed by atoms with van der Waals surface area (Å²) in [4.78, 5) is 10.9. The first-order chi connectivity index (χ1) is 7.56. The standard InChI is InChI=1S/C11H10F4O2/c1-10(2,9(16)17)6-3-4-7(8(12)5-6)11(13,14)15/h3-5H,1-2H3,(H,16,17). The highest BCUT2D eigenvalue weighted by Crippen LogP contribution is 2.33. The summed E-state index contributed by atoms with van der Waals surface area (Å²) in [6.45, 7) is 2.58. The van der Waals surface area contributed by atoms with Crippen molar-refractivity contribution < 1.29 is 27.5 Å². The van der Waals surface area contributed by atoms with Crippen molar-refractivity contribution in [2.45, 2.75) is 25.4 Å². The highest BCUT2D eigenvalue weighted by atomic mass is 19.4. The zero-order valence-electron chi connectivity index (χ0n) is 9.10. The zero-order valence-corrected chi connectivity index (χ0v) is 9.10. The van der Waals surface area contributed by atoms with Gasteiger partial charge in [0.2, 0.25) is 0 Å². The summed E-state index contributed by atoms with van der Waals surface area (Å²) in [6.07, 6.45) is -4.78. The van der Waals surface area contributed by atoms with E-state index in [1.807, 2.05) is 0 Å². The van der Waals surface area contributed by atoms with Crippen molar-refractivity contribution in [3.63, 3.8) is 0 Å². The lowest BCUT2D eigenvalue weighted by Gasteiger charge is -2.20. The van der Waals surface area contributed by atoms with E-state index in [0.29, 0.717) is 12.1 Å². The van der Waals surface area contributed by atoms with E-state index in [0.717, 1.165) is 6.07 Å². The van der Waals surface area contributed by atoms with Gasteiger partial charge in [0.05, 0.1) is 11.0 Å². The number of carboxylic acids is 1. The molecule has 0 spiro atoms. The Kier molecular flexibility index (Phi) is 3.18. The molecule has 0 aliphatic rings. The molecule has 0 unspecified atom stereocenters. The molecule has 0 heterocycles. The van der Waals surface area contributed by atoms with Crippen molar-refractivity contribution in [1.82, 2.24) is 0 Å². The van der Waals surface area contributed by atoms with Crippen LogP contribution in [0.3, 0.4) is 0 Å². The normalized spacial score (nSPS) is 12.6. The minimum absolute atomic E-state index is 0.0181. The van der Waals surface area contributed by atoms with Gasteiger partial charge in [-0.05, 0) is 31.5 Å². The molecule has 2 nitrogen and oxygen atoms in total. The van der Waals surface area contributed by atoms with Gasteiger partial charge in [0.1, 0.15) is 5.82 Å². The van der Waals surface area contributed by atoms with Crippen LogP contribution in [0.25, 0.3) is 0 Å². The fraction of sp³-hybridized carbons (Fsp3) is 0.364. The second-order valence-corrected chi connectivity index (χ2v) is 4.12. The first-order valence-corrected chi connectivity index (χ1v) is 4.67. The number of carboxylic acid groups (broad SMARTS) is 1. The van der Waals surface area contributed by atoms with Gasteiger partial charge in [0.25, 0.3) is 0 Å². The molecule has 0 bridgehead atoms. The molecule has 0 amide bonds. The van der Waals surface area contributed by atoms with Gasteiger partial charge in [-0.2, -0.15) is 13.2 Å². The van der Waals surface area contributed by atoms with Crippen molar-refractivity contribution in [2.75, 3.05) is 0 Å². The van der Waals surface area contributed by atoms with Crippen LogP contribution >= 0.6 is 0 Å². The van der Waals surface area contributed by atoms with Crippen LogP contribution in [-0.2, 0) is 16.4 Å². The van der Waals surface area contributed by atoms with Gasteiger partial charge >= 0.3 is 12.1 Å². The molecule has 17 heavy (non-hydrogen) atoms. The van der Waals surface area contributed by atoms with E-state index < -0.39 is 28.9 Å². The number of carbonyl (C=O) groups is 1. The molecule has 1 aromatic rings. The van der Waals surface area contributed by atoms with Crippen molar-refractivity contribution in [3.05, 3.63) is 35.1 Å². The molecule has 0 atom stereocenters. The Bertz CT molecular complexity index is 449. The number of benzene rings is 1. The van der Waals surface area contributed by atoms with Gasteiger partial charge in [-0.3, -0.25) is 4.79 Å². The average Bonchev–Trinajstić information content (AvgIpc) is 2.15. The van der Waals surface area contributed by atoms with Crippen molar-refractivity contribution in [2.24, 2.45) is 0 Å². The fourth-order valence-electron chi connectivity index (χ4n) is 1.26. The molecule has 0 aliphatic heterocycles. The molecule has 1 aromatic carbocycles. The Morgan fingerprint density at radius 1 is 1.24 bits per heavy atom. The van der Waals surface area contributed by atoms with E-state index in [1.165, 1.54) is 13.8 Å². The number of alkyl halides is 3. The molecule has 94 valence electrons. The Morgan fingerprint density at radius 2 is 1.76 bits per heavy atom. The van der Waals surface area contributed by atoms with Crippen LogP contribution in [0.4, 0.5) is 17.6 Å². The van der Waals surface area contributed by atoms with E-state index in [4.69, 9.17) is 5.11 Å². The Balaban J connectivity index is 3.27. The molecule has 1 N–H and O–H groups in total. The van der Waals surface area contributed by atoms with E-state index in [-0.39, 0.29) is 5.56 Å². The van der Waals surface area contributed by atoms with Gasteiger partial charge in [0.15, 0.2) is 0 Å². The lowest BCUT2D eigenvalue weighted by Crippen LogP contribution is -2.28. The molecule has 0 radical (unpaired) electrons. The summed E-state index contributed by atoms with van der Waals surface area (Å²) in [6, 6.07) is 2.13. The second kappa shape index (κ2) is 4.01. The van der Waals surface area contributed by atoms with Crippen LogP contribution in [-0.4, -0.2) is 11.1 Å². The molecule has 0 aliphatic carbocycles. The average molecular weight is 250 g/mol. The van der Waals surface area contributed by atoms with Crippen LogP contribution in [0, 0.1) is 5.82 Å². The third-order valence-electron chi connectivity index (χ3n) is 2.53. The predicted molar refractivity (Wildman–Crippen MR) is 52.1 cm³/mol. The first-order valence-electron chi connectivity index (χ1n) is 4.67. The van der Waals surface area contributed by atoms with Gasteiger partial charge in [-0.25, -0.2) is 4.39 Å². The Labute approximate surface area is 94.9 Å². The maximum Gasteiger partial charge on any atom is 0.419 e. The monoisotopic (exact) mass is 250 g/mol. The summed E-state index contributed by atoms with van der Waals surface area (Å²) in [5.41, 5.74) is -2.86. The van der Waals surface area contributed by atoms with Crippen LogP contribution in [0.15, 0.2) is 18.2 Å². The summed E-state index contributed by atoms with van der Waals surface area (Å²) in [5.74, 6) is -2.71. The molecule has 0 saturated carbocycles. The van der Waals surface area contributed by atoms with E-state index in [1.54, 1.807) is 0 Å². The van der Waals surface area contributed by atoms with Gasteiger partial charge in [0, 0.05) is 0 Å². The summed E-state index contributed by atoms with van der Waals surface area (Å²) in [5, 5.41) is 8.87. The number of aliphatic carboxylic acids is 1. The maximum atomic E-state index is 13.2. The number of rotatable bonds is 2. The maximum absolute atomic E-state index is 13.2. The molecule has 0 aromatic heterocycles. The molecule has 1 rings (SSSR count). The van der Waals surface area contributed by atoms with Crippen molar-refractivity contribution in [1.29, 1.82) is 0 Å². The molecule has 6 heteroatoms. The SMILES string of the molecule is CC(C)(C(=O)O)c1ccc(C(F)(F)F)c(F)c1. The number of halogens is 4. The van der Waals surface area contributed by atoms with Gasteiger partial charge < -0.3 is 5.11 Å².